The highest BCUT2D eigenvalue weighted by molar-refractivity contribution is 7.89. The maximum absolute atomic E-state index is 13.1. The van der Waals surface area contributed by atoms with E-state index in [4.69, 9.17) is 0 Å². The van der Waals surface area contributed by atoms with Gasteiger partial charge in [-0.1, -0.05) is 49.4 Å². The predicted octanol–water partition coefficient (Wildman–Crippen LogP) is 4.50. The number of hydrogen-bond acceptors (Lipinski definition) is 3. The van der Waals surface area contributed by atoms with E-state index in [1.54, 1.807) is 12.1 Å². The standard InChI is InChI=1S/C25H28N2O3S/c1-18-11-13-27(14-12-18)31(29,30)23-10-7-19(2)24(16-23)25(28)26-17-20-8-9-21-5-3-4-6-22(21)15-20/h3-10,15-16,18H,11-14,17H2,1-2H3,(H,26,28). The Hall–Kier alpha value is -2.70. The van der Waals surface area contributed by atoms with Crippen LogP contribution in [-0.2, 0) is 16.6 Å². The third-order valence-electron chi connectivity index (χ3n) is 6.10. The van der Waals surface area contributed by atoms with Crippen LogP contribution < -0.4 is 5.32 Å². The minimum atomic E-state index is -3.60. The molecular weight excluding hydrogens is 408 g/mol. The number of carbonyl (C=O) groups is 1. The number of nitrogens with zero attached hydrogens (tertiary/aromatic N) is 1. The van der Waals surface area contributed by atoms with E-state index in [0.29, 0.717) is 31.1 Å². The molecule has 1 N–H and O–H groups in total. The first-order valence-electron chi connectivity index (χ1n) is 10.7. The molecule has 3 aromatic carbocycles. The Bertz CT molecular complexity index is 1210. The summed E-state index contributed by atoms with van der Waals surface area (Å²) in [7, 11) is -3.60. The lowest BCUT2D eigenvalue weighted by Crippen LogP contribution is -2.38. The smallest absolute Gasteiger partial charge is 0.251 e. The molecule has 0 saturated carbocycles. The monoisotopic (exact) mass is 436 g/mol. The molecule has 5 nitrogen and oxygen atoms in total. The van der Waals surface area contributed by atoms with Crippen molar-refractivity contribution < 1.29 is 13.2 Å². The number of benzene rings is 3. The SMILES string of the molecule is Cc1ccc(S(=O)(=O)N2CCC(C)CC2)cc1C(=O)NCc1ccc2ccccc2c1. The van der Waals surface area contributed by atoms with Crippen molar-refractivity contribution in [1.82, 2.24) is 9.62 Å². The molecular formula is C25H28N2O3S. The summed E-state index contributed by atoms with van der Waals surface area (Å²) in [5.74, 6) is 0.274. The number of sulfonamides is 1. The van der Waals surface area contributed by atoms with Gasteiger partial charge in [0.15, 0.2) is 0 Å². The Morgan fingerprint density at radius 2 is 1.71 bits per heavy atom. The Kier molecular flexibility index (Phi) is 6.12. The van der Waals surface area contributed by atoms with Gasteiger partial charge >= 0.3 is 0 Å². The fourth-order valence-electron chi connectivity index (χ4n) is 4.01. The van der Waals surface area contributed by atoms with Gasteiger partial charge in [-0.15, -0.1) is 0 Å². The van der Waals surface area contributed by atoms with E-state index in [1.165, 1.54) is 10.4 Å². The lowest BCUT2D eigenvalue weighted by atomic mass is 10.0. The summed E-state index contributed by atoms with van der Waals surface area (Å²) in [6.45, 7) is 5.41. The van der Waals surface area contributed by atoms with E-state index in [1.807, 2.05) is 37.3 Å². The molecule has 0 atom stereocenters. The second-order valence-corrected chi connectivity index (χ2v) is 10.4. The van der Waals surface area contributed by atoms with E-state index in [0.717, 1.165) is 34.7 Å². The number of nitrogens with one attached hydrogen (secondary N) is 1. The van der Waals surface area contributed by atoms with Gasteiger partial charge in [-0.3, -0.25) is 4.79 Å². The van der Waals surface area contributed by atoms with Crippen LogP contribution in [0.25, 0.3) is 10.8 Å². The summed E-state index contributed by atoms with van der Waals surface area (Å²) >= 11 is 0. The molecule has 162 valence electrons. The maximum Gasteiger partial charge on any atom is 0.251 e. The van der Waals surface area contributed by atoms with Gasteiger partial charge in [-0.2, -0.15) is 4.31 Å². The molecule has 1 fully saturated rings. The van der Waals surface area contributed by atoms with Crippen LogP contribution >= 0.6 is 0 Å². The second kappa shape index (κ2) is 8.81. The number of rotatable bonds is 5. The summed E-state index contributed by atoms with van der Waals surface area (Å²) < 4.78 is 27.7. The number of piperidine rings is 1. The highest BCUT2D eigenvalue weighted by Gasteiger charge is 2.28. The van der Waals surface area contributed by atoms with Crippen molar-refractivity contribution in [3.63, 3.8) is 0 Å². The van der Waals surface area contributed by atoms with Crippen molar-refractivity contribution in [2.45, 2.75) is 38.1 Å². The van der Waals surface area contributed by atoms with E-state index in [2.05, 4.69) is 24.4 Å². The molecule has 0 radical (unpaired) electrons. The first-order chi connectivity index (χ1) is 14.8. The Balaban J connectivity index is 1.51. The molecule has 6 heteroatoms. The summed E-state index contributed by atoms with van der Waals surface area (Å²) in [4.78, 5) is 13.1. The Morgan fingerprint density at radius 3 is 2.45 bits per heavy atom. The lowest BCUT2D eigenvalue weighted by Gasteiger charge is -2.29. The zero-order valence-corrected chi connectivity index (χ0v) is 18.8. The zero-order valence-electron chi connectivity index (χ0n) is 18.0. The average molecular weight is 437 g/mol. The maximum atomic E-state index is 13.1. The third-order valence-corrected chi connectivity index (χ3v) is 8.00. The van der Waals surface area contributed by atoms with Crippen molar-refractivity contribution in [1.29, 1.82) is 0 Å². The molecule has 0 aliphatic carbocycles. The quantitative estimate of drug-likeness (QED) is 0.640. The first kappa shape index (κ1) is 21.5. The highest BCUT2D eigenvalue weighted by Crippen LogP contribution is 2.25. The minimum Gasteiger partial charge on any atom is -0.348 e. The van der Waals surface area contributed by atoms with E-state index in [9.17, 15) is 13.2 Å². The molecule has 4 rings (SSSR count). The van der Waals surface area contributed by atoms with Crippen LogP contribution in [0.4, 0.5) is 0 Å². The number of hydrogen-bond donors (Lipinski definition) is 1. The van der Waals surface area contributed by atoms with E-state index < -0.39 is 10.0 Å². The largest absolute Gasteiger partial charge is 0.348 e. The molecule has 1 saturated heterocycles. The Labute approximate surface area is 184 Å². The van der Waals surface area contributed by atoms with Crippen LogP contribution in [0.3, 0.4) is 0 Å². The molecule has 1 amide bonds. The molecule has 1 aliphatic heterocycles. The average Bonchev–Trinajstić information content (AvgIpc) is 2.77. The van der Waals surface area contributed by atoms with Crippen molar-refractivity contribution >= 4 is 26.7 Å². The van der Waals surface area contributed by atoms with Gasteiger partial charge in [0.05, 0.1) is 4.90 Å². The van der Waals surface area contributed by atoms with Crippen molar-refractivity contribution in [3.8, 4) is 0 Å². The van der Waals surface area contributed by atoms with Gasteiger partial charge in [0.25, 0.3) is 5.91 Å². The summed E-state index contributed by atoms with van der Waals surface area (Å²) in [5, 5.41) is 5.21. The molecule has 31 heavy (non-hydrogen) atoms. The summed E-state index contributed by atoms with van der Waals surface area (Å²) in [6, 6.07) is 19.0. The molecule has 1 heterocycles. The normalized spacial score (nSPS) is 15.8. The van der Waals surface area contributed by atoms with Crippen LogP contribution in [0.2, 0.25) is 0 Å². The molecule has 0 aromatic heterocycles. The number of carbonyl (C=O) groups excluding carboxylic acids is 1. The summed E-state index contributed by atoms with van der Waals surface area (Å²) in [5.41, 5.74) is 2.14. The Morgan fingerprint density at radius 1 is 1.00 bits per heavy atom. The van der Waals surface area contributed by atoms with E-state index >= 15 is 0 Å². The first-order valence-corrected chi connectivity index (χ1v) is 12.2. The number of amides is 1. The third kappa shape index (κ3) is 4.65. The van der Waals surface area contributed by atoms with Crippen LogP contribution in [0.5, 0.6) is 0 Å². The van der Waals surface area contributed by atoms with Gasteiger partial charge in [-0.05, 0) is 65.8 Å². The lowest BCUT2D eigenvalue weighted by molar-refractivity contribution is 0.0950. The van der Waals surface area contributed by atoms with Gasteiger partial charge in [0, 0.05) is 25.2 Å². The molecule has 1 aliphatic rings. The van der Waals surface area contributed by atoms with E-state index in [-0.39, 0.29) is 10.8 Å². The van der Waals surface area contributed by atoms with Crippen molar-refractivity contribution in [3.05, 3.63) is 77.4 Å². The molecule has 0 spiro atoms. The minimum absolute atomic E-state index is 0.184. The van der Waals surface area contributed by atoms with Crippen LogP contribution in [0, 0.1) is 12.8 Å². The highest BCUT2D eigenvalue weighted by atomic mass is 32.2. The molecule has 0 unspecified atom stereocenters. The van der Waals surface area contributed by atoms with Gasteiger partial charge in [-0.25, -0.2) is 8.42 Å². The van der Waals surface area contributed by atoms with Gasteiger partial charge in [0.1, 0.15) is 0 Å². The van der Waals surface area contributed by atoms with Gasteiger partial charge < -0.3 is 5.32 Å². The van der Waals surface area contributed by atoms with Crippen molar-refractivity contribution in [2.24, 2.45) is 5.92 Å². The molecule has 0 bridgehead atoms. The zero-order chi connectivity index (χ0) is 22.0. The van der Waals surface area contributed by atoms with Crippen molar-refractivity contribution in [2.75, 3.05) is 13.1 Å². The summed E-state index contributed by atoms with van der Waals surface area (Å²) in [6.07, 6.45) is 1.73. The van der Waals surface area contributed by atoms with Gasteiger partial charge in [0.2, 0.25) is 10.0 Å². The number of aryl methyl sites for hydroxylation is 1. The fraction of sp³-hybridized carbons (Fsp3) is 0.320. The topological polar surface area (TPSA) is 66.5 Å². The van der Waals surface area contributed by atoms with Crippen LogP contribution in [0.1, 0.15) is 41.3 Å². The molecule has 3 aromatic rings. The van der Waals surface area contributed by atoms with Crippen LogP contribution in [0.15, 0.2) is 65.6 Å². The van der Waals surface area contributed by atoms with Crippen LogP contribution in [-0.4, -0.2) is 31.7 Å². The second-order valence-electron chi connectivity index (χ2n) is 8.43. The fourth-order valence-corrected chi connectivity index (χ4v) is 5.50. The predicted molar refractivity (Wildman–Crippen MR) is 123 cm³/mol. The number of fused-ring (bicyclic) bond motifs is 1.